The van der Waals surface area contributed by atoms with Crippen molar-refractivity contribution < 1.29 is 14.2 Å². The molecule has 1 aromatic rings. The number of aliphatic imine (C=N–C) groups is 1. The highest BCUT2D eigenvalue weighted by Crippen LogP contribution is 2.43. The smallest absolute Gasteiger partial charge is 0.203 e. The molecule has 146 valence electrons. The number of ether oxygens (including phenoxy) is 3. The lowest BCUT2D eigenvalue weighted by atomic mass is 9.67. The van der Waals surface area contributed by atoms with Gasteiger partial charge in [0.05, 0.1) is 27.9 Å². The van der Waals surface area contributed by atoms with Gasteiger partial charge in [0.25, 0.3) is 0 Å². The zero-order chi connectivity index (χ0) is 19.0. The minimum Gasteiger partial charge on any atom is -0.493 e. The monoisotopic (exact) mass is 363 g/mol. The Hall–Kier alpha value is -2.11. The number of nitrogens with one attached hydrogen (secondary N) is 2. The molecule has 0 atom stereocenters. The van der Waals surface area contributed by atoms with Crippen LogP contribution in [-0.2, 0) is 6.54 Å². The topological polar surface area (TPSA) is 64.1 Å². The summed E-state index contributed by atoms with van der Waals surface area (Å²) in [7, 11) is 4.86. The van der Waals surface area contributed by atoms with Crippen molar-refractivity contribution in [2.24, 2.45) is 10.4 Å². The Morgan fingerprint density at radius 2 is 1.77 bits per heavy atom. The number of nitrogens with zero attached hydrogens (tertiary/aromatic N) is 1. The number of guanidine groups is 1. The van der Waals surface area contributed by atoms with Crippen molar-refractivity contribution in [2.45, 2.75) is 46.1 Å². The Kier molecular flexibility index (Phi) is 7.42. The van der Waals surface area contributed by atoms with Crippen molar-refractivity contribution in [1.82, 2.24) is 10.6 Å². The van der Waals surface area contributed by atoms with E-state index in [9.17, 15) is 0 Å². The van der Waals surface area contributed by atoms with E-state index in [1.54, 1.807) is 21.3 Å². The van der Waals surface area contributed by atoms with Crippen molar-refractivity contribution in [1.29, 1.82) is 0 Å². The summed E-state index contributed by atoms with van der Waals surface area (Å²) < 4.78 is 16.3. The maximum atomic E-state index is 5.55. The molecule has 26 heavy (non-hydrogen) atoms. The SMILES string of the molecule is CCNC(=NCc1ccc(OC)c(OC)c1OC)NCC1(CC)CCC1. The third-order valence-corrected chi connectivity index (χ3v) is 5.33. The lowest BCUT2D eigenvalue weighted by Gasteiger charge is -2.41. The van der Waals surface area contributed by atoms with Crippen LogP contribution in [0.15, 0.2) is 17.1 Å². The molecule has 6 nitrogen and oxygen atoms in total. The van der Waals surface area contributed by atoms with Crippen LogP contribution >= 0.6 is 0 Å². The third kappa shape index (κ3) is 4.54. The molecular formula is C20H33N3O3. The highest BCUT2D eigenvalue weighted by atomic mass is 16.5. The summed E-state index contributed by atoms with van der Waals surface area (Å²) in [5, 5.41) is 6.84. The first kappa shape index (κ1) is 20.2. The van der Waals surface area contributed by atoms with E-state index in [0.29, 0.717) is 29.2 Å². The van der Waals surface area contributed by atoms with Gasteiger partial charge in [-0.15, -0.1) is 0 Å². The predicted octanol–water partition coefficient (Wildman–Crippen LogP) is 3.35. The molecule has 1 fully saturated rings. The van der Waals surface area contributed by atoms with E-state index in [1.807, 2.05) is 12.1 Å². The lowest BCUT2D eigenvalue weighted by molar-refractivity contribution is 0.131. The van der Waals surface area contributed by atoms with Crippen LogP contribution in [0.5, 0.6) is 17.2 Å². The standard InChI is InChI=1S/C20H33N3O3/c1-6-20(11-8-12-20)14-23-19(21-7-2)22-13-15-9-10-16(24-3)18(26-5)17(15)25-4/h9-10H,6-8,11-14H2,1-5H3,(H2,21,22,23). The molecule has 0 amide bonds. The van der Waals surface area contributed by atoms with E-state index in [4.69, 9.17) is 19.2 Å². The van der Waals surface area contributed by atoms with Gasteiger partial charge in [0, 0.05) is 18.7 Å². The second-order valence-corrected chi connectivity index (χ2v) is 6.75. The van der Waals surface area contributed by atoms with E-state index >= 15 is 0 Å². The zero-order valence-electron chi connectivity index (χ0n) is 16.8. The number of benzene rings is 1. The van der Waals surface area contributed by atoms with Gasteiger partial charge in [-0.25, -0.2) is 4.99 Å². The second-order valence-electron chi connectivity index (χ2n) is 6.75. The lowest BCUT2D eigenvalue weighted by Crippen LogP contribution is -2.46. The number of hydrogen-bond acceptors (Lipinski definition) is 4. The van der Waals surface area contributed by atoms with E-state index in [2.05, 4.69) is 24.5 Å². The van der Waals surface area contributed by atoms with Gasteiger partial charge < -0.3 is 24.8 Å². The Labute approximate surface area is 157 Å². The van der Waals surface area contributed by atoms with Gasteiger partial charge >= 0.3 is 0 Å². The average molecular weight is 364 g/mol. The second kappa shape index (κ2) is 9.55. The van der Waals surface area contributed by atoms with Crippen molar-refractivity contribution in [3.63, 3.8) is 0 Å². The molecular weight excluding hydrogens is 330 g/mol. The third-order valence-electron chi connectivity index (χ3n) is 5.33. The van der Waals surface area contributed by atoms with Crippen LogP contribution in [-0.4, -0.2) is 40.4 Å². The van der Waals surface area contributed by atoms with Crippen LogP contribution in [0.25, 0.3) is 0 Å². The molecule has 0 saturated heterocycles. The molecule has 0 radical (unpaired) electrons. The summed E-state index contributed by atoms with van der Waals surface area (Å²) in [6.07, 6.45) is 5.16. The van der Waals surface area contributed by atoms with Gasteiger partial charge in [0.15, 0.2) is 17.5 Å². The van der Waals surface area contributed by atoms with Gasteiger partial charge in [-0.2, -0.15) is 0 Å². The largest absolute Gasteiger partial charge is 0.493 e. The highest BCUT2D eigenvalue weighted by Gasteiger charge is 2.34. The minimum atomic E-state index is 0.442. The van der Waals surface area contributed by atoms with Crippen LogP contribution in [0, 0.1) is 5.41 Å². The van der Waals surface area contributed by atoms with Crippen LogP contribution in [0.2, 0.25) is 0 Å². The molecule has 0 aliphatic heterocycles. The average Bonchev–Trinajstić information content (AvgIpc) is 2.64. The van der Waals surface area contributed by atoms with Crippen molar-refractivity contribution in [3.05, 3.63) is 17.7 Å². The Bertz CT molecular complexity index is 607. The summed E-state index contributed by atoms with van der Waals surface area (Å²) in [5.41, 5.74) is 1.40. The van der Waals surface area contributed by atoms with E-state index in [-0.39, 0.29) is 0 Å². The van der Waals surface area contributed by atoms with Crippen LogP contribution < -0.4 is 24.8 Å². The molecule has 6 heteroatoms. The molecule has 0 heterocycles. The maximum Gasteiger partial charge on any atom is 0.203 e. The van der Waals surface area contributed by atoms with Gasteiger partial charge in [0.2, 0.25) is 5.75 Å². The van der Waals surface area contributed by atoms with Gasteiger partial charge in [0.1, 0.15) is 0 Å². The van der Waals surface area contributed by atoms with Gasteiger partial charge in [-0.1, -0.05) is 13.3 Å². The van der Waals surface area contributed by atoms with Crippen LogP contribution in [0.3, 0.4) is 0 Å². The van der Waals surface area contributed by atoms with Crippen LogP contribution in [0.1, 0.15) is 45.1 Å². The molecule has 1 saturated carbocycles. The van der Waals surface area contributed by atoms with E-state index in [0.717, 1.165) is 24.6 Å². The molecule has 0 bridgehead atoms. The summed E-state index contributed by atoms with van der Waals surface area (Å²) in [4.78, 5) is 4.74. The molecule has 0 spiro atoms. The van der Waals surface area contributed by atoms with Crippen molar-refractivity contribution in [3.8, 4) is 17.2 Å². The Morgan fingerprint density at radius 1 is 1.04 bits per heavy atom. The molecule has 0 unspecified atom stereocenters. The first-order chi connectivity index (χ1) is 12.6. The minimum absolute atomic E-state index is 0.442. The first-order valence-electron chi connectivity index (χ1n) is 9.43. The normalized spacial score (nSPS) is 15.8. The van der Waals surface area contributed by atoms with E-state index in [1.165, 1.54) is 25.7 Å². The highest BCUT2D eigenvalue weighted by molar-refractivity contribution is 5.79. The fraction of sp³-hybridized carbons (Fsp3) is 0.650. The Balaban J connectivity index is 2.13. The van der Waals surface area contributed by atoms with Crippen LogP contribution in [0.4, 0.5) is 0 Å². The molecule has 1 aromatic carbocycles. The molecule has 0 aromatic heterocycles. The van der Waals surface area contributed by atoms with E-state index < -0.39 is 0 Å². The summed E-state index contributed by atoms with van der Waals surface area (Å²) in [6.45, 7) is 6.65. The van der Waals surface area contributed by atoms with Crippen molar-refractivity contribution in [2.75, 3.05) is 34.4 Å². The number of hydrogen-bond donors (Lipinski definition) is 2. The molecule has 2 rings (SSSR count). The molecule has 1 aliphatic carbocycles. The fourth-order valence-corrected chi connectivity index (χ4v) is 3.40. The molecule has 2 N–H and O–H groups in total. The predicted molar refractivity (Wildman–Crippen MR) is 105 cm³/mol. The first-order valence-corrected chi connectivity index (χ1v) is 9.43. The molecule has 1 aliphatic rings. The summed E-state index contributed by atoms with van der Waals surface area (Å²) in [5.74, 6) is 2.75. The fourth-order valence-electron chi connectivity index (χ4n) is 3.40. The number of methoxy groups -OCH3 is 3. The Morgan fingerprint density at radius 3 is 2.27 bits per heavy atom. The quantitative estimate of drug-likeness (QED) is 0.520. The summed E-state index contributed by atoms with van der Waals surface area (Å²) >= 11 is 0. The number of rotatable bonds is 9. The van der Waals surface area contributed by atoms with Crippen molar-refractivity contribution >= 4 is 5.96 Å². The summed E-state index contributed by atoms with van der Waals surface area (Å²) in [6, 6.07) is 3.85. The maximum absolute atomic E-state index is 5.55. The van der Waals surface area contributed by atoms with Gasteiger partial charge in [-0.3, -0.25) is 0 Å². The zero-order valence-corrected chi connectivity index (χ0v) is 16.8. The van der Waals surface area contributed by atoms with Gasteiger partial charge in [-0.05, 0) is 43.7 Å².